The molecule has 64 valence electrons. The van der Waals surface area contributed by atoms with Crippen molar-refractivity contribution in [1.29, 1.82) is 0 Å². The van der Waals surface area contributed by atoms with Crippen molar-refractivity contribution in [2.75, 3.05) is 14.2 Å². The Balaban J connectivity index is 3.05. The summed E-state index contributed by atoms with van der Waals surface area (Å²) in [5.41, 5.74) is 0.789. The van der Waals surface area contributed by atoms with E-state index in [9.17, 15) is 5.21 Å². The number of hydroxylamine groups is 1. The van der Waals surface area contributed by atoms with E-state index in [1.165, 1.54) is 14.2 Å². The van der Waals surface area contributed by atoms with Gasteiger partial charge in [0, 0.05) is 0 Å². The van der Waals surface area contributed by atoms with Gasteiger partial charge >= 0.3 is 5.90 Å². The average Bonchev–Trinajstić information content (AvgIpc) is 2.07. The number of methoxy groups -OCH3 is 1. The van der Waals surface area contributed by atoms with Crippen molar-refractivity contribution in [2.45, 2.75) is 0 Å². The Labute approximate surface area is 71.5 Å². The molecule has 0 heterocycles. The molecular weight excluding hydrogens is 154 g/mol. The van der Waals surface area contributed by atoms with Gasteiger partial charge in [0.05, 0.1) is 12.7 Å². The molecule has 0 aliphatic rings. The highest BCUT2D eigenvalue weighted by molar-refractivity contribution is 5.90. The summed E-state index contributed by atoms with van der Waals surface area (Å²) in [5, 5.41) is 10.9. The Morgan fingerprint density at radius 1 is 1.33 bits per heavy atom. The molecule has 0 bridgehead atoms. The first-order valence-electron chi connectivity index (χ1n) is 3.63. The maximum atomic E-state index is 10.9. The highest BCUT2D eigenvalue weighted by atomic mass is 16.5. The number of benzene rings is 1. The minimum Gasteiger partial charge on any atom is -0.621 e. The van der Waals surface area contributed by atoms with Gasteiger partial charge in [-0.25, -0.2) is 0 Å². The van der Waals surface area contributed by atoms with Gasteiger partial charge in [-0.1, -0.05) is 18.2 Å². The van der Waals surface area contributed by atoms with Crippen molar-refractivity contribution in [3.63, 3.8) is 0 Å². The molecule has 0 N–H and O–H groups in total. The topological polar surface area (TPSA) is 35.3 Å². The molecule has 1 rings (SSSR count). The highest BCUT2D eigenvalue weighted by Crippen LogP contribution is 2.00. The SMILES string of the molecule is CO/C(c1ccccc1)=[N+](\C)[O-]. The quantitative estimate of drug-likeness (QED) is 0.206. The third-order valence-electron chi connectivity index (χ3n) is 1.50. The van der Waals surface area contributed by atoms with Crippen LogP contribution in [-0.4, -0.2) is 24.8 Å². The zero-order valence-corrected chi connectivity index (χ0v) is 7.15. The third kappa shape index (κ3) is 1.75. The van der Waals surface area contributed by atoms with Gasteiger partial charge in [-0.3, -0.25) is 0 Å². The number of ether oxygens (including phenoxy) is 1. The van der Waals surface area contributed by atoms with Crippen molar-refractivity contribution < 1.29 is 9.48 Å². The minimum atomic E-state index is 0.329. The molecule has 0 amide bonds. The molecule has 1 aromatic carbocycles. The molecule has 0 saturated carbocycles. The van der Waals surface area contributed by atoms with E-state index in [0.29, 0.717) is 10.6 Å². The van der Waals surface area contributed by atoms with Crippen LogP contribution in [0.5, 0.6) is 0 Å². The lowest BCUT2D eigenvalue weighted by atomic mass is 10.2. The molecule has 3 nitrogen and oxygen atoms in total. The highest BCUT2D eigenvalue weighted by Gasteiger charge is 2.08. The van der Waals surface area contributed by atoms with Gasteiger partial charge < -0.3 is 9.94 Å². The Hall–Kier alpha value is -1.51. The molecule has 0 aromatic heterocycles. The van der Waals surface area contributed by atoms with Gasteiger partial charge in [0.15, 0.2) is 0 Å². The summed E-state index contributed by atoms with van der Waals surface area (Å²) in [5.74, 6) is 0.329. The smallest absolute Gasteiger partial charge is 0.380 e. The second-order valence-electron chi connectivity index (χ2n) is 2.37. The Morgan fingerprint density at radius 3 is 2.33 bits per heavy atom. The third-order valence-corrected chi connectivity index (χ3v) is 1.50. The van der Waals surface area contributed by atoms with Crippen LogP contribution in [0.25, 0.3) is 0 Å². The van der Waals surface area contributed by atoms with Gasteiger partial charge in [-0.05, 0) is 12.1 Å². The molecule has 0 aliphatic carbocycles. The summed E-state index contributed by atoms with van der Waals surface area (Å²) in [7, 11) is 2.89. The van der Waals surface area contributed by atoms with E-state index in [2.05, 4.69) is 0 Å². The molecule has 0 spiro atoms. The van der Waals surface area contributed by atoms with Crippen LogP contribution >= 0.6 is 0 Å². The van der Waals surface area contributed by atoms with E-state index in [1.54, 1.807) is 0 Å². The Kier molecular flexibility index (Phi) is 2.69. The van der Waals surface area contributed by atoms with Gasteiger partial charge in [-0.2, -0.15) is 4.74 Å². The lowest BCUT2D eigenvalue weighted by Gasteiger charge is -2.04. The first kappa shape index (κ1) is 8.59. The molecule has 0 atom stereocenters. The predicted molar refractivity (Wildman–Crippen MR) is 47.1 cm³/mol. The number of hydrogen-bond donors (Lipinski definition) is 0. The second-order valence-corrected chi connectivity index (χ2v) is 2.37. The van der Waals surface area contributed by atoms with Crippen LogP contribution in [0, 0.1) is 5.21 Å². The van der Waals surface area contributed by atoms with Crippen LogP contribution in [-0.2, 0) is 4.74 Å². The first-order valence-corrected chi connectivity index (χ1v) is 3.63. The second kappa shape index (κ2) is 3.76. The summed E-state index contributed by atoms with van der Waals surface area (Å²) < 4.78 is 5.63. The maximum absolute atomic E-state index is 10.9. The standard InChI is InChI=1S/C9H11NO2/c1-10(11)9(12-2)8-6-4-3-5-7-8/h3-7H,1-2H3/b10-9+. The average molecular weight is 165 g/mol. The molecule has 0 fully saturated rings. The van der Waals surface area contributed by atoms with Crippen LogP contribution < -0.4 is 0 Å². The largest absolute Gasteiger partial charge is 0.621 e. The first-order chi connectivity index (χ1) is 5.75. The number of rotatable bonds is 1. The Bertz CT molecular complexity index is 276. The van der Waals surface area contributed by atoms with Crippen LogP contribution in [0.15, 0.2) is 30.3 Å². The van der Waals surface area contributed by atoms with Crippen LogP contribution in [0.1, 0.15) is 5.56 Å². The summed E-state index contributed by atoms with van der Waals surface area (Å²) in [4.78, 5) is 0. The molecule has 0 saturated heterocycles. The van der Waals surface area contributed by atoms with Gasteiger partial charge in [0.2, 0.25) is 0 Å². The zero-order valence-electron chi connectivity index (χ0n) is 7.15. The van der Waals surface area contributed by atoms with Crippen LogP contribution in [0.4, 0.5) is 0 Å². The summed E-state index contributed by atoms with van der Waals surface area (Å²) >= 11 is 0. The van der Waals surface area contributed by atoms with Crippen molar-refractivity contribution in [3.05, 3.63) is 41.1 Å². The molecule has 0 unspecified atom stereocenters. The van der Waals surface area contributed by atoms with Crippen LogP contribution in [0.2, 0.25) is 0 Å². The summed E-state index contributed by atoms with van der Waals surface area (Å²) in [6, 6.07) is 9.26. The van der Waals surface area contributed by atoms with Crippen molar-refractivity contribution in [3.8, 4) is 0 Å². The summed E-state index contributed by atoms with van der Waals surface area (Å²) in [6.07, 6.45) is 0. The van der Waals surface area contributed by atoms with E-state index >= 15 is 0 Å². The van der Waals surface area contributed by atoms with Crippen molar-refractivity contribution in [1.82, 2.24) is 0 Å². The molecular formula is C9H11NO2. The predicted octanol–water partition coefficient (Wildman–Crippen LogP) is 1.22. The van der Waals surface area contributed by atoms with Gasteiger partial charge in [-0.15, -0.1) is 0 Å². The number of hydrogen-bond acceptors (Lipinski definition) is 2. The van der Waals surface area contributed by atoms with Crippen molar-refractivity contribution >= 4 is 5.90 Å². The van der Waals surface area contributed by atoms with E-state index in [1.807, 2.05) is 30.3 Å². The van der Waals surface area contributed by atoms with E-state index in [0.717, 1.165) is 5.56 Å². The van der Waals surface area contributed by atoms with Gasteiger partial charge in [0.1, 0.15) is 7.05 Å². The minimum absolute atomic E-state index is 0.329. The molecule has 0 aliphatic heterocycles. The molecule has 3 heteroatoms. The van der Waals surface area contributed by atoms with Crippen molar-refractivity contribution in [2.24, 2.45) is 0 Å². The number of nitrogens with zero attached hydrogens (tertiary/aromatic N) is 1. The fourth-order valence-electron chi connectivity index (χ4n) is 1.01. The van der Waals surface area contributed by atoms with Crippen LogP contribution in [0.3, 0.4) is 0 Å². The fourth-order valence-corrected chi connectivity index (χ4v) is 1.01. The van der Waals surface area contributed by atoms with E-state index in [4.69, 9.17) is 4.74 Å². The maximum Gasteiger partial charge on any atom is 0.380 e. The van der Waals surface area contributed by atoms with E-state index in [-0.39, 0.29) is 0 Å². The Morgan fingerprint density at radius 2 is 1.92 bits per heavy atom. The fraction of sp³-hybridized carbons (Fsp3) is 0.222. The lowest BCUT2D eigenvalue weighted by Crippen LogP contribution is -2.15. The zero-order chi connectivity index (χ0) is 8.97. The lowest BCUT2D eigenvalue weighted by molar-refractivity contribution is -0.432. The van der Waals surface area contributed by atoms with Gasteiger partial charge in [0.25, 0.3) is 0 Å². The normalized spacial score (nSPS) is 12.2. The van der Waals surface area contributed by atoms with E-state index < -0.39 is 0 Å². The summed E-state index contributed by atoms with van der Waals surface area (Å²) in [6.45, 7) is 0. The molecule has 12 heavy (non-hydrogen) atoms. The monoisotopic (exact) mass is 165 g/mol. The molecule has 1 aromatic rings. The molecule has 0 radical (unpaired) electrons.